The lowest BCUT2D eigenvalue weighted by Crippen LogP contribution is -2.53. The number of carbonyl (C=O) groups is 2. The molecule has 0 radical (unpaired) electrons. The van der Waals surface area contributed by atoms with Crippen LogP contribution in [0.15, 0.2) is 0 Å². The summed E-state index contributed by atoms with van der Waals surface area (Å²) in [7, 11) is 0. The molecule has 18 heavy (non-hydrogen) atoms. The van der Waals surface area contributed by atoms with Gasteiger partial charge in [0.25, 0.3) is 11.8 Å². The number of aliphatic hydroxyl groups is 1. The Kier molecular flexibility index (Phi) is 3.11. The third-order valence-electron chi connectivity index (χ3n) is 4.36. The zero-order chi connectivity index (χ0) is 12.7. The highest BCUT2D eigenvalue weighted by atomic mass is 16.5. The Bertz CT molecular complexity index is 340. The number of hydrogen-bond donors (Lipinski definition) is 1. The monoisotopic (exact) mass is 253 g/mol. The van der Waals surface area contributed by atoms with Crippen molar-refractivity contribution in [1.29, 1.82) is 0 Å². The molecule has 5 nitrogen and oxygen atoms in total. The van der Waals surface area contributed by atoms with Crippen LogP contribution in [-0.2, 0) is 14.3 Å². The van der Waals surface area contributed by atoms with Crippen LogP contribution in [0.5, 0.6) is 0 Å². The minimum Gasteiger partial charge on any atom is -0.393 e. The molecular formula is C13H19NO4. The van der Waals surface area contributed by atoms with Crippen molar-refractivity contribution in [2.75, 3.05) is 6.54 Å². The fourth-order valence-electron chi connectivity index (χ4n) is 3.22. The summed E-state index contributed by atoms with van der Waals surface area (Å²) >= 11 is 0. The van der Waals surface area contributed by atoms with Gasteiger partial charge < -0.3 is 9.84 Å². The third kappa shape index (κ3) is 2.06. The number of ether oxygens (including phenoxy) is 1. The van der Waals surface area contributed by atoms with Crippen LogP contribution in [-0.4, -0.2) is 46.7 Å². The van der Waals surface area contributed by atoms with Gasteiger partial charge in [-0.15, -0.1) is 0 Å². The Morgan fingerprint density at radius 3 is 2.11 bits per heavy atom. The molecule has 100 valence electrons. The first-order valence-electron chi connectivity index (χ1n) is 6.84. The van der Waals surface area contributed by atoms with Crippen LogP contribution in [0.3, 0.4) is 0 Å². The molecule has 2 atom stereocenters. The van der Waals surface area contributed by atoms with Crippen molar-refractivity contribution in [3.05, 3.63) is 0 Å². The summed E-state index contributed by atoms with van der Waals surface area (Å²) in [5.74, 6) is 0.0403. The fourth-order valence-corrected chi connectivity index (χ4v) is 3.22. The number of fused-ring (bicyclic) bond motifs is 2. The molecule has 2 bridgehead atoms. The Morgan fingerprint density at radius 2 is 1.56 bits per heavy atom. The van der Waals surface area contributed by atoms with E-state index < -0.39 is 0 Å². The minimum absolute atomic E-state index is 0.153. The predicted octanol–water partition coefficient (Wildman–Crippen LogP) is 0.454. The highest BCUT2D eigenvalue weighted by Crippen LogP contribution is 2.31. The highest BCUT2D eigenvalue weighted by Gasteiger charge is 2.46. The van der Waals surface area contributed by atoms with E-state index in [4.69, 9.17) is 4.74 Å². The first-order chi connectivity index (χ1) is 8.65. The first-order valence-corrected chi connectivity index (χ1v) is 6.84. The molecule has 0 aromatic heterocycles. The molecule has 2 unspecified atom stereocenters. The van der Waals surface area contributed by atoms with Gasteiger partial charge in [0, 0.05) is 6.54 Å². The predicted molar refractivity (Wildman–Crippen MR) is 62.6 cm³/mol. The van der Waals surface area contributed by atoms with Crippen molar-refractivity contribution in [2.45, 2.75) is 56.8 Å². The van der Waals surface area contributed by atoms with Gasteiger partial charge in [0.2, 0.25) is 0 Å². The molecule has 2 amide bonds. The molecule has 5 heteroatoms. The molecular weight excluding hydrogens is 234 g/mol. The number of nitrogens with zero attached hydrogens (tertiary/aromatic N) is 1. The lowest BCUT2D eigenvalue weighted by Gasteiger charge is -2.34. The zero-order valence-corrected chi connectivity index (χ0v) is 10.4. The quantitative estimate of drug-likeness (QED) is 0.726. The van der Waals surface area contributed by atoms with E-state index in [9.17, 15) is 14.7 Å². The van der Waals surface area contributed by atoms with E-state index in [0.29, 0.717) is 25.3 Å². The standard InChI is InChI=1S/C13H19NO4/c15-9-3-1-8(2-4-9)7-14-12(16)10-5-6-11(18-10)13(14)17/h8-11,15H,1-7H2. The molecule has 1 saturated carbocycles. The van der Waals surface area contributed by atoms with Gasteiger partial charge in [-0.2, -0.15) is 0 Å². The van der Waals surface area contributed by atoms with Crippen LogP contribution in [0.2, 0.25) is 0 Å². The fraction of sp³-hybridized carbons (Fsp3) is 0.846. The van der Waals surface area contributed by atoms with Crippen molar-refractivity contribution in [3.8, 4) is 0 Å². The number of morpholine rings is 1. The molecule has 1 aliphatic carbocycles. The smallest absolute Gasteiger partial charge is 0.258 e. The van der Waals surface area contributed by atoms with Gasteiger partial charge in [-0.05, 0) is 44.4 Å². The van der Waals surface area contributed by atoms with Crippen LogP contribution in [0.25, 0.3) is 0 Å². The molecule has 3 fully saturated rings. The summed E-state index contributed by atoms with van der Waals surface area (Å²) in [6, 6.07) is 0. The van der Waals surface area contributed by atoms with Crippen molar-refractivity contribution in [3.63, 3.8) is 0 Å². The number of imide groups is 1. The van der Waals surface area contributed by atoms with Crippen LogP contribution < -0.4 is 0 Å². The summed E-state index contributed by atoms with van der Waals surface area (Å²) in [6.07, 6.45) is 3.74. The lowest BCUT2D eigenvalue weighted by molar-refractivity contribution is -0.169. The van der Waals surface area contributed by atoms with Crippen molar-refractivity contribution >= 4 is 11.8 Å². The van der Waals surface area contributed by atoms with E-state index in [1.807, 2.05) is 0 Å². The Hall–Kier alpha value is -0.940. The molecule has 3 aliphatic rings. The second-order valence-electron chi connectivity index (χ2n) is 5.65. The van der Waals surface area contributed by atoms with Gasteiger partial charge >= 0.3 is 0 Å². The molecule has 3 rings (SSSR count). The van der Waals surface area contributed by atoms with Gasteiger partial charge in [-0.25, -0.2) is 0 Å². The van der Waals surface area contributed by atoms with Gasteiger partial charge in [0.1, 0.15) is 12.2 Å². The van der Waals surface area contributed by atoms with E-state index in [0.717, 1.165) is 25.7 Å². The van der Waals surface area contributed by atoms with Crippen molar-refractivity contribution in [1.82, 2.24) is 4.90 Å². The summed E-state index contributed by atoms with van der Waals surface area (Å²) in [4.78, 5) is 25.5. The largest absolute Gasteiger partial charge is 0.393 e. The average Bonchev–Trinajstić information content (AvgIpc) is 2.82. The van der Waals surface area contributed by atoms with Gasteiger partial charge in [-0.3, -0.25) is 14.5 Å². The van der Waals surface area contributed by atoms with Gasteiger partial charge in [-0.1, -0.05) is 0 Å². The summed E-state index contributed by atoms with van der Waals surface area (Å²) in [6.45, 7) is 0.515. The first kappa shape index (κ1) is 12.1. The van der Waals surface area contributed by atoms with E-state index in [2.05, 4.69) is 0 Å². The van der Waals surface area contributed by atoms with Crippen LogP contribution in [0.1, 0.15) is 38.5 Å². The average molecular weight is 253 g/mol. The van der Waals surface area contributed by atoms with Crippen LogP contribution >= 0.6 is 0 Å². The van der Waals surface area contributed by atoms with Crippen LogP contribution in [0, 0.1) is 5.92 Å². The number of aliphatic hydroxyl groups excluding tert-OH is 1. The molecule has 0 aromatic rings. The zero-order valence-electron chi connectivity index (χ0n) is 10.4. The van der Waals surface area contributed by atoms with E-state index >= 15 is 0 Å². The number of rotatable bonds is 2. The minimum atomic E-state index is -0.387. The Morgan fingerprint density at radius 1 is 1.00 bits per heavy atom. The van der Waals surface area contributed by atoms with Crippen molar-refractivity contribution in [2.24, 2.45) is 5.92 Å². The Labute approximate surface area is 106 Å². The highest BCUT2D eigenvalue weighted by molar-refractivity contribution is 6.02. The molecule has 2 heterocycles. The van der Waals surface area contributed by atoms with Gasteiger partial charge in [0.15, 0.2) is 0 Å². The maximum absolute atomic E-state index is 12.1. The summed E-state index contributed by atoms with van der Waals surface area (Å²) < 4.78 is 5.38. The number of amides is 2. The maximum atomic E-state index is 12.1. The SMILES string of the molecule is O=C1C2CCC(O2)C(=O)N1CC1CCC(O)CC1. The van der Waals surface area contributed by atoms with Crippen LogP contribution in [0.4, 0.5) is 0 Å². The molecule has 2 aliphatic heterocycles. The second kappa shape index (κ2) is 4.63. The van der Waals surface area contributed by atoms with E-state index in [-0.39, 0.29) is 30.1 Å². The number of hydrogen-bond acceptors (Lipinski definition) is 4. The normalized spacial score (nSPS) is 40.4. The number of carbonyl (C=O) groups excluding carboxylic acids is 2. The maximum Gasteiger partial charge on any atom is 0.258 e. The topological polar surface area (TPSA) is 66.8 Å². The summed E-state index contributed by atoms with van der Waals surface area (Å²) in [5, 5.41) is 9.46. The van der Waals surface area contributed by atoms with Gasteiger partial charge in [0.05, 0.1) is 6.10 Å². The van der Waals surface area contributed by atoms with E-state index in [1.54, 1.807) is 0 Å². The molecule has 0 aromatic carbocycles. The van der Waals surface area contributed by atoms with Crippen molar-refractivity contribution < 1.29 is 19.4 Å². The second-order valence-corrected chi connectivity index (χ2v) is 5.65. The molecule has 2 saturated heterocycles. The Balaban J connectivity index is 1.65. The number of likely N-dealkylation sites (tertiary alicyclic amines) is 1. The molecule has 0 spiro atoms. The third-order valence-corrected chi connectivity index (χ3v) is 4.36. The summed E-state index contributed by atoms with van der Waals surface area (Å²) in [5.41, 5.74) is 0. The molecule has 1 N–H and O–H groups in total. The lowest BCUT2D eigenvalue weighted by atomic mass is 9.87. The van der Waals surface area contributed by atoms with E-state index in [1.165, 1.54) is 4.90 Å².